The van der Waals surface area contributed by atoms with E-state index in [1.54, 1.807) is 0 Å². The van der Waals surface area contributed by atoms with E-state index in [0.717, 1.165) is 6.42 Å². The van der Waals surface area contributed by atoms with Crippen molar-refractivity contribution in [3.8, 4) is 17.1 Å². The molecule has 0 aliphatic rings. The Morgan fingerprint density at radius 1 is 1.39 bits per heavy atom. The van der Waals surface area contributed by atoms with Gasteiger partial charge in [-0.1, -0.05) is 18.5 Å². The lowest BCUT2D eigenvalue weighted by molar-refractivity contribution is 0.0690. The molecular formula is C15H17ClN4O3. The maximum absolute atomic E-state index is 11.3. The number of rotatable bonds is 6. The van der Waals surface area contributed by atoms with Gasteiger partial charge in [0.25, 0.3) is 0 Å². The summed E-state index contributed by atoms with van der Waals surface area (Å²) in [7, 11) is 0. The Hall–Kier alpha value is -2.38. The molecule has 1 unspecified atom stereocenters. The average Bonchev–Trinajstić information content (AvgIpc) is 2.54. The molecule has 2 aromatic rings. The summed E-state index contributed by atoms with van der Waals surface area (Å²) in [6.07, 6.45) is 0.770. The van der Waals surface area contributed by atoms with Crippen molar-refractivity contribution in [3.05, 3.63) is 35.0 Å². The SMILES string of the molecule is CCC(N)CNc1cc(C(=O)O)nc(-c2cc(Cl)ccc2O)n1. The fourth-order valence-electron chi connectivity index (χ4n) is 1.84. The van der Waals surface area contributed by atoms with Crippen molar-refractivity contribution in [1.29, 1.82) is 0 Å². The number of aromatic nitrogens is 2. The van der Waals surface area contributed by atoms with Gasteiger partial charge in [-0.2, -0.15) is 0 Å². The second-order valence-corrected chi connectivity index (χ2v) is 5.41. The van der Waals surface area contributed by atoms with Crippen LogP contribution >= 0.6 is 11.6 Å². The summed E-state index contributed by atoms with van der Waals surface area (Å²) in [6, 6.07) is 5.62. The number of phenolic OH excluding ortho intramolecular Hbond substituents is 1. The van der Waals surface area contributed by atoms with Crippen LogP contribution in [0.5, 0.6) is 5.75 Å². The number of carbonyl (C=O) groups is 1. The van der Waals surface area contributed by atoms with Gasteiger partial charge in [-0.15, -0.1) is 0 Å². The second-order valence-electron chi connectivity index (χ2n) is 4.98. The van der Waals surface area contributed by atoms with Crippen molar-refractivity contribution in [2.24, 2.45) is 5.73 Å². The number of hydrogen-bond donors (Lipinski definition) is 4. The van der Waals surface area contributed by atoms with Crippen molar-refractivity contribution in [2.75, 3.05) is 11.9 Å². The van der Waals surface area contributed by atoms with Crippen LogP contribution in [0.25, 0.3) is 11.4 Å². The van der Waals surface area contributed by atoms with Crippen LogP contribution in [0.1, 0.15) is 23.8 Å². The topological polar surface area (TPSA) is 121 Å². The van der Waals surface area contributed by atoms with Crippen LogP contribution < -0.4 is 11.1 Å². The number of hydrogen-bond acceptors (Lipinski definition) is 6. The lowest BCUT2D eigenvalue weighted by Gasteiger charge is -2.12. The molecule has 0 saturated carbocycles. The third-order valence-electron chi connectivity index (χ3n) is 3.21. The van der Waals surface area contributed by atoms with E-state index in [-0.39, 0.29) is 28.9 Å². The summed E-state index contributed by atoms with van der Waals surface area (Å²) in [5.74, 6) is -0.903. The number of phenols is 1. The van der Waals surface area contributed by atoms with Gasteiger partial charge >= 0.3 is 5.97 Å². The molecule has 0 saturated heterocycles. The first-order chi connectivity index (χ1) is 10.9. The molecule has 0 aliphatic carbocycles. The van der Waals surface area contributed by atoms with E-state index in [1.165, 1.54) is 24.3 Å². The minimum absolute atomic E-state index is 0.0671. The average molecular weight is 337 g/mol. The third-order valence-corrected chi connectivity index (χ3v) is 3.45. The van der Waals surface area contributed by atoms with Crippen molar-refractivity contribution < 1.29 is 15.0 Å². The molecule has 23 heavy (non-hydrogen) atoms. The van der Waals surface area contributed by atoms with E-state index < -0.39 is 5.97 Å². The Labute approximate surface area is 138 Å². The Morgan fingerprint density at radius 3 is 2.78 bits per heavy atom. The highest BCUT2D eigenvalue weighted by Crippen LogP contribution is 2.30. The monoisotopic (exact) mass is 336 g/mol. The first-order valence-electron chi connectivity index (χ1n) is 7.01. The fraction of sp³-hybridized carbons (Fsp3) is 0.267. The Morgan fingerprint density at radius 2 is 2.13 bits per heavy atom. The maximum atomic E-state index is 11.3. The van der Waals surface area contributed by atoms with E-state index in [2.05, 4.69) is 15.3 Å². The minimum Gasteiger partial charge on any atom is -0.507 e. The Bertz CT molecular complexity index is 724. The minimum atomic E-state index is -1.20. The summed E-state index contributed by atoms with van der Waals surface area (Å²) in [5.41, 5.74) is 5.89. The van der Waals surface area contributed by atoms with E-state index in [1.807, 2.05) is 6.92 Å². The molecule has 0 fully saturated rings. The quantitative estimate of drug-likeness (QED) is 0.638. The van der Waals surface area contributed by atoms with Gasteiger partial charge in [0.1, 0.15) is 11.6 Å². The lowest BCUT2D eigenvalue weighted by atomic mass is 10.2. The van der Waals surface area contributed by atoms with E-state index in [0.29, 0.717) is 17.4 Å². The van der Waals surface area contributed by atoms with Crippen molar-refractivity contribution in [3.63, 3.8) is 0 Å². The van der Waals surface area contributed by atoms with Gasteiger partial charge in [0, 0.05) is 23.7 Å². The predicted molar refractivity (Wildman–Crippen MR) is 87.9 cm³/mol. The van der Waals surface area contributed by atoms with Gasteiger partial charge in [0.15, 0.2) is 11.5 Å². The van der Waals surface area contributed by atoms with Gasteiger partial charge < -0.3 is 21.3 Å². The van der Waals surface area contributed by atoms with Gasteiger partial charge in [-0.25, -0.2) is 14.8 Å². The highest BCUT2D eigenvalue weighted by molar-refractivity contribution is 6.30. The maximum Gasteiger partial charge on any atom is 0.354 e. The van der Waals surface area contributed by atoms with Crippen molar-refractivity contribution in [1.82, 2.24) is 9.97 Å². The van der Waals surface area contributed by atoms with Crippen LogP contribution in [0, 0.1) is 0 Å². The summed E-state index contributed by atoms with van der Waals surface area (Å²) in [4.78, 5) is 19.4. The molecule has 1 aromatic heterocycles. The Balaban J connectivity index is 2.44. The van der Waals surface area contributed by atoms with Crippen molar-refractivity contribution >= 4 is 23.4 Å². The lowest BCUT2D eigenvalue weighted by Crippen LogP contribution is -2.28. The largest absolute Gasteiger partial charge is 0.507 e. The smallest absolute Gasteiger partial charge is 0.354 e. The molecule has 1 aromatic carbocycles. The molecule has 7 nitrogen and oxygen atoms in total. The molecule has 0 bridgehead atoms. The number of benzene rings is 1. The molecule has 122 valence electrons. The zero-order valence-corrected chi connectivity index (χ0v) is 13.2. The van der Waals surface area contributed by atoms with Crippen LogP contribution in [-0.2, 0) is 0 Å². The van der Waals surface area contributed by atoms with Gasteiger partial charge in [0.2, 0.25) is 0 Å². The van der Waals surface area contributed by atoms with Gasteiger partial charge in [-0.05, 0) is 24.6 Å². The molecule has 5 N–H and O–H groups in total. The zero-order valence-electron chi connectivity index (χ0n) is 12.5. The molecule has 1 heterocycles. The normalized spacial score (nSPS) is 12.0. The Kier molecular flexibility index (Phi) is 5.36. The highest BCUT2D eigenvalue weighted by atomic mass is 35.5. The number of halogens is 1. The second kappa shape index (κ2) is 7.26. The molecular weight excluding hydrogens is 320 g/mol. The predicted octanol–water partition coefficient (Wildman–Crippen LogP) is 2.35. The molecule has 1 atom stereocenters. The first-order valence-corrected chi connectivity index (χ1v) is 7.39. The number of nitrogens with zero attached hydrogens (tertiary/aromatic N) is 2. The number of carboxylic acid groups (broad SMARTS) is 1. The number of aromatic carboxylic acids is 1. The summed E-state index contributed by atoms with van der Waals surface area (Å²) < 4.78 is 0. The van der Waals surface area contributed by atoms with Crippen LogP contribution in [0.2, 0.25) is 5.02 Å². The molecule has 0 aliphatic heterocycles. The number of carboxylic acids is 1. The van der Waals surface area contributed by atoms with E-state index >= 15 is 0 Å². The highest BCUT2D eigenvalue weighted by Gasteiger charge is 2.15. The summed E-state index contributed by atoms with van der Waals surface area (Å²) in [6.45, 7) is 2.39. The van der Waals surface area contributed by atoms with E-state index in [4.69, 9.17) is 17.3 Å². The summed E-state index contributed by atoms with van der Waals surface area (Å²) >= 11 is 5.92. The molecule has 0 amide bonds. The van der Waals surface area contributed by atoms with Gasteiger partial charge in [0.05, 0.1) is 5.56 Å². The van der Waals surface area contributed by atoms with Crippen LogP contribution in [0.3, 0.4) is 0 Å². The molecule has 8 heteroatoms. The molecule has 2 rings (SSSR count). The fourth-order valence-corrected chi connectivity index (χ4v) is 2.01. The third kappa shape index (κ3) is 4.30. The van der Waals surface area contributed by atoms with Gasteiger partial charge in [-0.3, -0.25) is 0 Å². The van der Waals surface area contributed by atoms with Crippen molar-refractivity contribution in [2.45, 2.75) is 19.4 Å². The number of nitrogens with one attached hydrogen (secondary N) is 1. The standard InChI is InChI=1S/C15H17ClN4O3/c1-2-9(17)7-18-13-6-11(15(22)23)19-14(20-13)10-5-8(16)3-4-12(10)21/h3-6,9,21H,2,7,17H2,1H3,(H,22,23)(H,18,19,20). The van der Waals surface area contributed by atoms with Crippen LogP contribution in [-0.4, -0.2) is 38.7 Å². The molecule has 0 radical (unpaired) electrons. The number of aromatic hydroxyl groups is 1. The molecule has 0 spiro atoms. The van der Waals surface area contributed by atoms with Crippen LogP contribution in [0.15, 0.2) is 24.3 Å². The number of nitrogens with two attached hydrogens (primary N) is 1. The van der Waals surface area contributed by atoms with Crippen LogP contribution in [0.4, 0.5) is 5.82 Å². The zero-order chi connectivity index (χ0) is 17.0. The summed E-state index contributed by atoms with van der Waals surface area (Å²) in [5, 5.41) is 22.5. The first kappa shape index (κ1) is 17.0. The van der Waals surface area contributed by atoms with E-state index in [9.17, 15) is 15.0 Å². The number of anilines is 1.